The monoisotopic (exact) mass is 446 g/mol. The number of urea groups is 1. The second kappa shape index (κ2) is 8.18. The minimum atomic E-state index is -1.05. The Balaban J connectivity index is 1.82. The van der Waals surface area contributed by atoms with Gasteiger partial charge in [0.1, 0.15) is 22.4 Å². The summed E-state index contributed by atoms with van der Waals surface area (Å²) < 4.78 is 34.3. The lowest BCUT2D eigenvalue weighted by Crippen LogP contribution is -2.51. The Hall–Kier alpha value is -3.14. The van der Waals surface area contributed by atoms with Crippen LogP contribution in [0.15, 0.2) is 47.6 Å². The van der Waals surface area contributed by atoms with Crippen molar-refractivity contribution in [2.24, 2.45) is 16.8 Å². The average Bonchev–Trinajstić information content (AvgIpc) is 3.13. The van der Waals surface area contributed by atoms with Gasteiger partial charge in [0.25, 0.3) is 0 Å². The number of fused-ring (bicyclic) bond motifs is 2. The molecule has 0 unspecified atom stereocenters. The molecule has 2 aromatic carbocycles. The van der Waals surface area contributed by atoms with Crippen LogP contribution in [0.3, 0.4) is 0 Å². The Bertz CT molecular complexity index is 1080. The summed E-state index contributed by atoms with van der Waals surface area (Å²) in [6.07, 6.45) is 0.419. The predicted octanol–water partition coefficient (Wildman–Crippen LogP) is 3.14. The lowest BCUT2D eigenvalue weighted by molar-refractivity contribution is -0.134. The van der Waals surface area contributed by atoms with E-state index in [1.54, 1.807) is 6.07 Å². The second-order valence-corrected chi connectivity index (χ2v) is 8.46. The van der Waals surface area contributed by atoms with Crippen molar-refractivity contribution in [1.82, 2.24) is 10.3 Å². The maximum absolute atomic E-state index is 14.5. The highest BCUT2D eigenvalue weighted by Gasteiger charge is 2.56. The Morgan fingerprint density at radius 2 is 2.10 bits per heavy atom. The first kappa shape index (κ1) is 21.1. The summed E-state index contributed by atoms with van der Waals surface area (Å²) in [6.45, 7) is 1.86. The summed E-state index contributed by atoms with van der Waals surface area (Å²) in [7, 11) is 0. The number of amides is 3. The third-order valence-corrected chi connectivity index (χ3v) is 6.81. The molecule has 1 spiro atoms. The number of hydrogen-bond acceptors (Lipinski definition) is 5. The largest absolute Gasteiger partial charge is 0.493 e. The van der Waals surface area contributed by atoms with E-state index >= 15 is 0 Å². The number of thioether (sulfide) groups is 1. The van der Waals surface area contributed by atoms with Crippen LogP contribution < -0.4 is 15.8 Å². The molecule has 2 heterocycles. The Morgan fingerprint density at radius 3 is 2.84 bits per heavy atom. The molecule has 162 valence electrons. The van der Waals surface area contributed by atoms with Gasteiger partial charge in [-0.1, -0.05) is 30.0 Å². The van der Waals surface area contributed by atoms with E-state index in [1.165, 1.54) is 23.7 Å². The third-order valence-electron chi connectivity index (χ3n) is 5.27. The van der Waals surface area contributed by atoms with Gasteiger partial charge in [-0.2, -0.15) is 5.10 Å². The van der Waals surface area contributed by atoms with Crippen LogP contribution in [0.4, 0.5) is 13.6 Å². The molecule has 0 aliphatic carbocycles. The Morgan fingerprint density at radius 1 is 1.32 bits per heavy atom. The fraction of sp³-hybridized carbons (Fsp3) is 0.286. The van der Waals surface area contributed by atoms with Gasteiger partial charge in [0.2, 0.25) is 5.91 Å². The summed E-state index contributed by atoms with van der Waals surface area (Å²) in [5, 5.41) is 8.47. The molecule has 2 atom stereocenters. The zero-order valence-electron chi connectivity index (χ0n) is 16.6. The number of carbonyl (C=O) groups is 2. The fourth-order valence-electron chi connectivity index (χ4n) is 3.94. The first-order valence-electron chi connectivity index (χ1n) is 9.62. The van der Waals surface area contributed by atoms with Crippen LogP contribution in [0.25, 0.3) is 0 Å². The number of para-hydroxylation sites is 1. The topological polar surface area (TPSA) is 97.0 Å². The highest BCUT2D eigenvalue weighted by molar-refractivity contribution is 8.15. The van der Waals surface area contributed by atoms with Crippen molar-refractivity contribution in [3.63, 3.8) is 0 Å². The van der Waals surface area contributed by atoms with Gasteiger partial charge in [-0.25, -0.2) is 18.6 Å². The molecule has 3 N–H and O–H groups in total. The van der Waals surface area contributed by atoms with E-state index in [0.717, 1.165) is 18.2 Å². The highest BCUT2D eigenvalue weighted by Crippen LogP contribution is 2.57. The first-order chi connectivity index (χ1) is 14.8. The molecule has 0 bridgehead atoms. The Kier molecular flexibility index (Phi) is 5.57. The van der Waals surface area contributed by atoms with Crippen LogP contribution in [-0.2, 0) is 9.67 Å². The maximum atomic E-state index is 14.5. The van der Waals surface area contributed by atoms with E-state index in [1.807, 2.05) is 18.2 Å². The van der Waals surface area contributed by atoms with Crippen LogP contribution in [0, 0.1) is 17.6 Å². The molecule has 31 heavy (non-hydrogen) atoms. The minimum Gasteiger partial charge on any atom is -0.493 e. The summed E-state index contributed by atoms with van der Waals surface area (Å²) in [5.41, 5.74) is 5.86. The number of nitrogens with one attached hydrogen (secondary N) is 1. The first-order valence-corrected chi connectivity index (χ1v) is 10.4. The number of benzene rings is 2. The molecule has 0 radical (unpaired) electrons. The molecule has 2 aliphatic rings. The van der Waals surface area contributed by atoms with Gasteiger partial charge in [-0.15, -0.1) is 0 Å². The van der Waals surface area contributed by atoms with Crippen molar-refractivity contribution >= 4 is 28.7 Å². The van der Waals surface area contributed by atoms with Crippen LogP contribution in [0.5, 0.6) is 5.75 Å². The number of hydrogen-bond donors (Lipinski definition) is 2. The molecular weight excluding hydrogens is 426 g/mol. The minimum absolute atomic E-state index is 0.0221. The van der Waals surface area contributed by atoms with Gasteiger partial charge in [-0.3, -0.25) is 4.79 Å². The van der Waals surface area contributed by atoms with Crippen LogP contribution in [0.2, 0.25) is 0 Å². The zero-order valence-corrected chi connectivity index (χ0v) is 17.4. The molecule has 7 nitrogen and oxygen atoms in total. The molecule has 4 rings (SSSR count). The van der Waals surface area contributed by atoms with Crippen LogP contribution >= 0.6 is 11.8 Å². The number of primary amides is 1. The second-order valence-electron chi connectivity index (χ2n) is 7.24. The number of nitrogens with zero attached hydrogens (tertiary/aromatic N) is 2. The van der Waals surface area contributed by atoms with Crippen molar-refractivity contribution < 1.29 is 23.1 Å². The standard InChI is InChI=1S/C21H20F2N4O3S/c1-12(28)27-21(31-19(26-27)15-10-14(22)6-7-17(15)23)13(8-9-25-20(24)29)11-30-18-5-3-2-4-16(18)21/h2-7,10,13H,8-9,11H2,1H3,(H3,24,25,29)/t13-,21+/m1/s1. The van der Waals surface area contributed by atoms with Gasteiger partial charge < -0.3 is 15.8 Å². The van der Waals surface area contributed by atoms with E-state index in [-0.39, 0.29) is 35.6 Å². The molecular formula is C21H20F2N4O3S. The lowest BCUT2D eigenvalue weighted by atomic mass is 9.86. The van der Waals surface area contributed by atoms with Crippen molar-refractivity contribution in [2.45, 2.75) is 18.2 Å². The van der Waals surface area contributed by atoms with Gasteiger partial charge in [0.15, 0.2) is 4.87 Å². The predicted molar refractivity (Wildman–Crippen MR) is 112 cm³/mol. The summed E-state index contributed by atoms with van der Waals surface area (Å²) in [5.74, 6) is -1.34. The third kappa shape index (κ3) is 3.71. The molecule has 0 saturated heterocycles. The fourth-order valence-corrected chi connectivity index (χ4v) is 5.51. The average molecular weight is 446 g/mol. The number of ether oxygens (including phenoxy) is 1. The lowest BCUT2D eigenvalue weighted by Gasteiger charge is -2.45. The molecule has 10 heteroatoms. The molecule has 3 amide bonds. The van der Waals surface area contributed by atoms with Crippen LogP contribution in [-0.4, -0.2) is 35.1 Å². The highest BCUT2D eigenvalue weighted by atomic mass is 32.2. The van der Waals surface area contributed by atoms with Crippen molar-refractivity contribution in [2.75, 3.05) is 13.2 Å². The smallest absolute Gasteiger partial charge is 0.312 e. The normalized spacial score (nSPS) is 22.0. The van der Waals surface area contributed by atoms with Crippen molar-refractivity contribution in [1.29, 1.82) is 0 Å². The summed E-state index contributed by atoms with van der Waals surface area (Å²) in [6, 6.07) is 9.70. The maximum Gasteiger partial charge on any atom is 0.312 e. The molecule has 0 fully saturated rings. The SMILES string of the molecule is CC(=O)N1N=C(c2cc(F)ccc2F)S[C@@]12c1ccccc1OC[C@H]2CCNC(N)=O. The number of rotatable bonds is 4. The molecule has 2 aliphatic heterocycles. The van der Waals surface area contributed by atoms with Gasteiger partial charge in [-0.05, 0) is 30.7 Å². The van der Waals surface area contributed by atoms with E-state index in [9.17, 15) is 18.4 Å². The zero-order chi connectivity index (χ0) is 22.2. The van der Waals surface area contributed by atoms with Crippen LogP contribution in [0.1, 0.15) is 24.5 Å². The number of hydrazone groups is 1. The quantitative estimate of drug-likeness (QED) is 0.754. The Labute approximate surface area is 181 Å². The number of halogens is 2. The summed E-state index contributed by atoms with van der Waals surface area (Å²) in [4.78, 5) is 22.8. The van der Waals surface area contributed by atoms with Gasteiger partial charge in [0, 0.05) is 30.5 Å². The molecule has 0 aromatic heterocycles. The van der Waals surface area contributed by atoms with E-state index in [2.05, 4.69) is 10.4 Å². The van der Waals surface area contributed by atoms with E-state index < -0.39 is 22.5 Å². The van der Waals surface area contributed by atoms with Crippen molar-refractivity contribution in [3.8, 4) is 5.75 Å². The van der Waals surface area contributed by atoms with Crippen molar-refractivity contribution in [3.05, 3.63) is 65.2 Å². The van der Waals surface area contributed by atoms with Gasteiger partial charge in [0.05, 0.1) is 6.61 Å². The number of nitrogens with two attached hydrogens (primary N) is 1. The molecule has 0 saturated carbocycles. The number of carbonyl (C=O) groups excluding carboxylic acids is 2. The molecule has 2 aromatic rings. The van der Waals surface area contributed by atoms with E-state index in [4.69, 9.17) is 10.5 Å². The van der Waals surface area contributed by atoms with E-state index in [0.29, 0.717) is 17.7 Å². The summed E-state index contributed by atoms with van der Waals surface area (Å²) >= 11 is 1.18. The van der Waals surface area contributed by atoms with Gasteiger partial charge >= 0.3 is 6.03 Å².